The minimum absolute atomic E-state index is 0.0353. The summed E-state index contributed by atoms with van der Waals surface area (Å²) in [6, 6.07) is 13.3. The van der Waals surface area contributed by atoms with Crippen LogP contribution in [0.5, 0.6) is 5.75 Å². The van der Waals surface area contributed by atoms with Crippen molar-refractivity contribution in [3.63, 3.8) is 0 Å². The highest BCUT2D eigenvalue weighted by Crippen LogP contribution is 2.16. The van der Waals surface area contributed by atoms with Gasteiger partial charge in [0, 0.05) is 6.42 Å². The number of carboxylic acid groups (broad SMARTS) is 2. The standard InChI is InChI=1S/C19H19NO6/c1-12-4-2-3-5-14(12)11-26-15-8-6-13(7-9-15)10-16(18(22)23)20-17(21)19(24)25/h2-9,16H,10-11H2,1H3,(H,20,21)(H,22,23)(H,24,25)/t16-/m1/s1. The Morgan fingerprint density at radius 3 is 2.27 bits per heavy atom. The molecular formula is C19H19NO6. The van der Waals surface area contributed by atoms with E-state index in [-0.39, 0.29) is 6.42 Å². The number of carbonyl (C=O) groups is 3. The van der Waals surface area contributed by atoms with Crippen LogP contribution in [0.25, 0.3) is 0 Å². The van der Waals surface area contributed by atoms with Crippen LogP contribution in [-0.4, -0.2) is 34.1 Å². The van der Waals surface area contributed by atoms with Gasteiger partial charge in [-0.1, -0.05) is 36.4 Å². The topological polar surface area (TPSA) is 113 Å². The molecule has 2 rings (SSSR count). The Morgan fingerprint density at radius 1 is 1.04 bits per heavy atom. The van der Waals surface area contributed by atoms with Gasteiger partial charge in [0.05, 0.1) is 0 Å². The number of aryl methyl sites for hydroxylation is 1. The van der Waals surface area contributed by atoms with E-state index in [1.165, 1.54) is 0 Å². The first-order valence-electron chi connectivity index (χ1n) is 7.89. The molecule has 1 amide bonds. The molecule has 7 heteroatoms. The van der Waals surface area contributed by atoms with Gasteiger partial charge in [0.25, 0.3) is 0 Å². The Kier molecular flexibility index (Phi) is 6.32. The molecule has 0 aliphatic carbocycles. The van der Waals surface area contributed by atoms with Crippen molar-refractivity contribution in [2.24, 2.45) is 0 Å². The summed E-state index contributed by atoms with van der Waals surface area (Å²) in [6.07, 6.45) is -0.0353. The third kappa shape index (κ3) is 5.34. The first-order chi connectivity index (χ1) is 12.4. The van der Waals surface area contributed by atoms with Gasteiger partial charge in [-0.2, -0.15) is 0 Å². The molecule has 0 saturated carbocycles. The number of rotatable bonds is 7. The van der Waals surface area contributed by atoms with Gasteiger partial charge in [0.2, 0.25) is 0 Å². The second kappa shape index (κ2) is 8.66. The van der Waals surface area contributed by atoms with Crippen molar-refractivity contribution in [3.05, 3.63) is 65.2 Å². The lowest BCUT2D eigenvalue weighted by Crippen LogP contribution is -2.45. The van der Waals surface area contributed by atoms with Gasteiger partial charge in [-0.25, -0.2) is 9.59 Å². The number of carboxylic acids is 2. The summed E-state index contributed by atoms with van der Waals surface area (Å²) in [5.74, 6) is -3.76. The molecule has 0 aliphatic rings. The molecule has 2 aromatic carbocycles. The maximum Gasteiger partial charge on any atom is 0.394 e. The van der Waals surface area contributed by atoms with Crippen LogP contribution in [0.4, 0.5) is 0 Å². The van der Waals surface area contributed by atoms with E-state index in [4.69, 9.17) is 14.9 Å². The predicted molar refractivity (Wildman–Crippen MR) is 92.9 cm³/mol. The average molecular weight is 357 g/mol. The third-order valence-corrected chi connectivity index (χ3v) is 3.82. The van der Waals surface area contributed by atoms with Gasteiger partial charge in [-0.05, 0) is 35.7 Å². The van der Waals surface area contributed by atoms with E-state index < -0.39 is 23.9 Å². The van der Waals surface area contributed by atoms with Crippen LogP contribution in [-0.2, 0) is 27.4 Å². The molecule has 7 nitrogen and oxygen atoms in total. The number of hydrogen-bond donors (Lipinski definition) is 3. The molecule has 3 N–H and O–H groups in total. The molecule has 0 fully saturated rings. The summed E-state index contributed by atoms with van der Waals surface area (Å²) >= 11 is 0. The molecule has 0 heterocycles. The van der Waals surface area contributed by atoms with E-state index in [0.29, 0.717) is 17.9 Å². The van der Waals surface area contributed by atoms with Crippen molar-refractivity contribution >= 4 is 17.8 Å². The fraction of sp³-hybridized carbons (Fsp3) is 0.211. The summed E-state index contributed by atoms with van der Waals surface area (Å²) in [5, 5.41) is 19.7. The Labute approximate surface area is 150 Å². The second-order valence-electron chi connectivity index (χ2n) is 5.73. The quantitative estimate of drug-likeness (QED) is 0.651. The van der Waals surface area contributed by atoms with Crippen molar-refractivity contribution in [1.29, 1.82) is 0 Å². The predicted octanol–water partition coefficient (Wildman–Crippen LogP) is 1.77. The van der Waals surface area contributed by atoms with Crippen molar-refractivity contribution in [1.82, 2.24) is 5.32 Å². The van der Waals surface area contributed by atoms with Crippen LogP contribution in [0.2, 0.25) is 0 Å². The average Bonchev–Trinajstić information content (AvgIpc) is 2.61. The van der Waals surface area contributed by atoms with Crippen molar-refractivity contribution < 1.29 is 29.3 Å². The SMILES string of the molecule is Cc1ccccc1COc1ccc(C[C@@H](NC(=O)C(=O)O)C(=O)O)cc1. The molecule has 0 aliphatic heterocycles. The molecule has 136 valence electrons. The van der Waals surface area contributed by atoms with Crippen LogP contribution in [0.1, 0.15) is 16.7 Å². The number of carbonyl (C=O) groups excluding carboxylic acids is 1. The molecule has 0 saturated heterocycles. The van der Waals surface area contributed by atoms with Crippen molar-refractivity contribution in [2.75, 3.05) is 0 Å². The van der Waals surface area contributed by atoms with Crippen LogP contribution in [0.3, 0.4) is 0 Å². The largest absolute Gasteiger partial charge is 0.489 e. The van der Waals surface area contributed by atoms with Gasteiger partial charge in [-0.15, -0.1) is 0 Å². The van der Waals surface area contributed by atoms with E-state index >= 15 is 0 Å². The van der Waals surface area contributed by atoms with Crippen LogP contribution < -0.4 is 10.1 Å². The normalized spacial score (nSPS) is 11.4. The molecule has 0 radical (unpaired) electrons. The monoisotopic (exact) mass is 357 g/mol. The molecule has 0 bridgehead atoms. The van der Waals surface area contributed by atoms with Gasteiger partial charge >= 0.3 is 17.8 Å². The van der Waals surface area contributed by atoms with Gasteiger partial charge in [0.1, 0.15) is 18.4 Å². The number of amides is 1. The van der Waals surface area contributed by atoms with Crippen LogP contribution in [0, 0.1) is 6.92 Å². The first kappa shape index (κ1) is 19.0. The first-order valence-corrected chi connectivity index (χ1v) is 7.89. The molecule has 1 atom stereocenters. The Hall–Kier alpha value is -3.35. The lowest BCUT2D eigenvalue weighted by atomic mass is 10.1. The maximum atomic E-state index is 11.2. The Bertz CT molecular complexity index is 800. The number of ether oxygens (including phenoxy) is 1. The zero-order chi connectivity index (χ0) is 19.1. The smallest absolute Gasteiger partial charge is 0.394 e. The van der Waals surface area contributed by atoms with E-state index in [9.17, 15) is 14.4 Å². The second-order valence-corrected chi connectivity index (χ2v) is 5.73. The van der Waals surface area contributed by atoms with E-state index in [2.05, 4.69) is 0 Å². The highest BCUT2D eigenvalue weighted by Gasteiger charge is 2.23. The fourth-order valence-electron chi connectivity index (χ4n) is 2.31. The van der Waals surface area contributed by atoms with E-state index in [0.717, 1.165) is 11.1 Å². The van der Waals surface area contributed by atoms with E-state index in [1.807, 2.05) is 36.5 Å². The molecule has 0 spiro atoms. The Morgan fingerprint density at radius 2 is 1.69 bits per heavy atom. The lowest BCUT2D eigenvalue weighted by Gasteiger charge is -2.14. The third-order valence-electron chi connectivity index (χ3n) is 3.82. The minimum Gasteiger partial charge on any atom is -0.489 e. The van der Waals surface area contributed by atoms with Gasteiger partial charge in [0.15, 0.2) is 0 Å². The van der Waals surface area contributed by atoms with Crippen molar-refractivity contribution in [2.45, 2.75) is 26.0 Å². The number of nitrogens with one attached hydrogen (secondary N) is 1. The highest BCUT2D eigenvalue weighted by atomic mass is 16.5. The van der Waals surface area contributed by atoms with Crippen molar-refractivity contribution in [3.8, 4) is 5.75 Å². The number of hydrogen-bond acceptors (Lipinski definition) is 4. The van der Waals surface area contributed by atoms with Gasteiger partial charge in [-0.3, -0.25) is 4.79 Å². The Balaban J connectivity index is 1.97. The van der Waals surface area contributed by atoms with Gasteiger partial charge < -0.3 is 20.3 Å². The lowest BCUT2D eigenvalue weighted by molar-refractivity contribution is -0.152. The summed E-state index contributed by atoms with van der Waals surface area (Å²) in [6.45, 7) is 2.41. The summed E-state index contributed by atoms with van der Waals surface area (Å²) in [4.78, 5) is 32.9. The maximum absolute atomic E-state index is 11.2. The molecule has 0 aromatic heterocycles. The molecule has 0 unspecified atom stereocenters. The summed E-state index contributed by atoms with van der Waals surface area (Å²) < 4.78 is 5.71. The summed E-state index contributed by atoms with van der Waals surface area (Å²) in [5.41, 5.74) is 2.83. The molecular weight excluding hydrogens is 338 g/mol. The molecule has 26 heavy (non-hydrogen) atoms. The fourth-order valence-corrected chi connectivity index (χ4v) is 2.31. The zero-order valence-corrected chi connectivity index (χ0v) is 14.1. The van der Waals surface area contributed by atoms with Crippen LogP contribution >= 0.6 is 0 Å². The van der Waals surface area contributed by atoms with E-state index in [1.54, 1.807) is 24.3 Å². The zero-order valence-electron chi connectivity index (χ0n) is 14.1. The summed E-state index contributed by atoms with van der Waals surface area (Å²) in [7, 11) is 0. The van der Waals surface area contributed by atoms with Crippen LogP contribution in [0.15, 0.2) is 48.5 Å². The highest BCUT2D eigenvalue weighted by molar-refractivity contribution is 6.31. The molecule has 2 aromatic rings. The number of benzene rings is 2. The minimum atomic E-state index is -1.73. The number of aliphatic carboxylic acids is 2.